The second-order valence-electron chi connectivity index (χ2n) is 6.03. The van der Waals surface area contributed by atoms with Crippen LogP contribution in [0.4, 0.5) is 0 Å². The Balaban J connectivity index is 1.57. The summed E-state index contributed by atoms with van der Waals surface area (Å²) in [5, 5.41) is 0. The number of furan rings is 1. The number of benzene rings is 1. The molecule has 1 aliphatic heterocycles. The van der Waals surface area contributed by atoms with Crippen molar-refractivity contribution in [1.82, 2.24) is 9.55 Å². The summed E-state index contributed by atoms with van der Waals surface area (Å²) in [6.07, 6.45) is 4.93. The van der Waals surface area contributed by atoms with Gasteiger partial charge in [0.05, 0.1) is 13.7 Å². The Morgan fingerprint density at radius 2 is 2.00 bits per heavy atom. The van der Waals surface area contributed by atoms with E-state index in [9.17, 15) is 0 Å². The number of nitrogens with zero attached hydrogens (tertiary/aromatic N) is 2. The molecule has 2 aromatic heterocycles. The molecule has 24 heavy (non-hydrogen) atoms. The number of rotatable bonds is 5. The topological polar surface area (TPSA) is 49.4 Å². The SMILES string of the molecule is COc1ccc(-c2ccc(-c3nccn3CC3CCOC3)o2)cc1. The van der Waals surface area contributed by atoms with Crippen molar-refractivity contribution in [2.45, 2.75) is 13.0 Å². The van der Waals surface area contributed by atoms with E-state index in [2.05, 4.69) is 9.55 Å². The fourth-order valence-corrected chi connectivity index (χ4v) is 3.06. The lowest BCUT2D eigenvalue weighted by molar-refractivity contribution is 0.182. The molecule has 5 heteroatoms. The van der Waals surface area contributed by atoms with Crippen molar-refractivity contribution in [3.05, 3.63) is 48.8 Å². The van der Waals surface area contributed by atoms with E-state index >= 15 is 0 Å². The lowest BCUT2D eigenvalue weighted by Gasteiger charge is -2.10. The van der Waals surface area contributed by atoms with Gasteiger partial charge in [0.15, 0.2) is 11.6 Å². The summed E-state index contributed by atoms with van der Waals surface area (Å²) in [7, 11) is 1.66. The minimum atomic E-state index is 0.550. The van der Waals surface area contributed by atoms with Crippen LogP contribution in [0.2, 0.25) is 0 Å². The van der Waals surface area contributed by atoms with Crippen LogP contribution in [0.15, 0.2) is 53.2 Å². The third kappa shape index (κ3) is 2.95. The summed E-state index contributed by atoms with van der Waals surface area (Å²) in [6, 6.07) is 11.8. The monoisotopic (exact) mass is 324 g/mol. The number of ether oxygens (including phenoxy) is 2. The van der Waals surface area contributed by atoms with Crippen LogP contribution in [-0.2, 0) is 11.3 Å². The van der Waals surface area contributed by atoms with Crippen molar-refractivity contribution in [3.8, 4) is 28.7 Å². The van der Waals surface area contributed by atoms with Gasteiger partial charge < -0.3 is 18.5 Å². The fraction of sp³-hybridized carbons (Fsp3) is 0.316. The van der Waals surface area contributed by atoms with Crippen LogP contribution in [0, 0.1) is 5.92 Å². The lowest BCUT2D eigenvalue weighted by Crippen LogP contribution is -2.10. The maximum atomic E-state index is 6.04. The van der Waals surface area contributed by atoms with Crippen LogP contribution in [0.3, 0.4) is 0 Å². The van der Waals surface area contributed by atoms with Crippen molar-refractivity contribution in [2.75, 3.05) is 20.3 Å². The highest BCUT2D eigenvalue weighted by atomic mass is 16.5. The first kappa shape index (κ1) is 15.0. The number of hydrogen-bond acceptors (Lipinski definition) is 4. The average Bonchev–Trinajstić information content (AvgIpc) is 3.37. The van der Waals surface area contributed by atoms with Crippen molar-refractivity contribution in [2.24, 2.45) is 5.92 Å². The molecule has 3 aromatic rings. The van der Waals surface area contributed by atoms with Crippen molar-refractivity contribution in [1.29, 1.82) is 0 Å². The molecule has 1 saturated heterocycles. The van der Waals surface area contributed by atoms with Crippen LogP contribution in [0.5, 0.6) is 5.75 Å². The molecule has 0 bridgehead atoms. The van der Waals surface area contributed by atoms with E-state index in [4.69, 9.17) is 13.9 Å². The van der Waals surface area contributed by atoms with Gasteiger partial charge in [-0.15, -0.1) is 0 Å². The molecular weight excluding hydrogens is 304 g/mol. The van der Waals surface area contributed by atoms with Crippen molar-refractivity contribution >= 4 is 0 Å². The lowest BCUT2D eigenvalue weighted by atomic mass is 10.1. The molecule has 1 unspecified atom stereocenters. The zero-order valence-corrected chi connectivity index (χ0v) is 13.6. The van der Waals surface area contributed by atoms with Gasteiger partial charge in [-0.2, -0.15) is 0 Å². The van der Waals surface area contributed by atoms with E-state index < -0.39 is 0 Å². The summed E-state index contributed by atoms with van der Waals surface area (Å²) >= 11 is 0. The van der Waals surface area contributed by atoms with Crippen LogP contribution in [-0.4, -0.2) is 29.9 Å². The van der Waals surface area contributed by atoms with Gasteiger partial charge in [-0.25, -0.2) is 4.98 Å². The Bertz CT molecular complexity index is 798. The second kappa shape index (κ2) is 6.53. The Kier molecular flexibility index (Phi) is 4.09. The van der Waals surface area contributed by atoms with E-state index in [0.29, 0.717) is 5.92 Å². The summed E-state index contributed by atoms with van der Waals surface area (Å²) in [5.74, 6) is 3.85. The van der Waals surface area contributed by atoms with Crippen LogP contribution < -0.4 is 4.74 Å². The Morgan fingerprint density at radius 1 is 1.17 bits per heavy atom. The minimum absolute atomic E-state index is 0.550. The second-order valence-corrected chi connectivity index (χ2v) is 6.03. The Morgan fingerprint density at radius 3 is 2.75 bits per heavy atom. The summed E-state index contributed by atoms with van der Waals surface area (Å²) in [4.78, 5) is 4.47. The highest BCUT2D eigenvalue weighted by Crippen LogP contribution is 2.29. The molecule has 0 aliphatic carbocycles. The summed E-state index contributed by atoms with van der Waals surface area (Å²) in [6.45, 7) is 2.60. The molecular formula is C19H20N2O3. The van der Waals surface area contributed by atoms with E-state index in [-0.39, 0.29) is 0 Å². The molecule has 0 spiro atoms. The van der Waals surface area contributed by atoms with Gasteiger partial charge in [0.25, 0.3) is 0 Å². The van der Waals surface area contributed by atoms with Crippen LogP contribution >= 0.6 is 0 Å². The molecule has 0 saturated carbocycles. The van der Waals surface area contributed by atoms with Gasteiger partial charge in [-0.1, -0.05) is 0 Å². The molecule has 5 nitrogen and oxygen atoms in total. The molecule has 124 valence electrons. The summed E-state index contributed by atoms with van der Waals surface area (Å²) < 4.78 is 18.8. The molecule has 0 amide bonds. The van der Waals surface area contributed by atoms with E-state index in [1.807, 2.05) is 48.8 Å². The molecule has 0 N–H and O–H groups in total. The first-order valence-electron chi connectivity index (χ1n) is 8.17. The van der Waals surface area contributed by atoms with Gasteiger partial charge in [-0.05, 0) is 42.8 Å². The molecule has 4 rings (SSSR count). The number of aromatic nitrogens is 2. The zero-order chi connectivity index (χ0) is 16.4. The average molecular weight is 324 g/mol. The molecule has 1 atom stereocenters. The van der Waals surface area contributed by atoms with Gasteiger partial charge in [0, 0.05) is 37.0 Å². The molecule has 3 heterocycles. The Hall–Kier alpha value is -2.53. The predicted octanol–water partition coefficient (Wildman–Crippen LogP) is 3.86. The molecule has 1 aromatic carbocycles. The number of methoxy groups -OCH3 is 1. The number of imidazole rings is 1. The normalized spacial score (nSPS) is 17.3. The largest absolute Gasteiger partial charge is 0.497 e. The number of hydrogen-bond donors (Lipinski definition) is 0. The van der Waals surface area contributed by atoms with Crippen molar-refractivity contribution in [3.63, 3.8) is 0 Å². The third-order valence-electron chi connectivity index (χ3n) is 4.40. The predicted molar refractivity (Wildman–Crippen MR) is 90.8 cm³/mol. The first-order valence-corrected chi connectivity index (χ1v) is 8.17. The summed E-state index contributed by atoms with van der Waals surface area (Å²) in [5.41, 5.74) is 1.02. The molecule has 1 aliphatic rings. The standard InChI is InChI=1S/C19H20N2O3/c1-22-16-4-2-15(3-5-16)17-6-7-18(24-17)19-20-9-10-21(19)12-14-8-11-23-13-14/h2-7,9-10,14H,8,11-13H2,1H3. The first-order chi connectivity index (χ1) is 11.8. The van der Waals surface area contributed by atoms with Gasteiger partial charge >= 0.3 is 0 Å². The molecule has 1 fully saturated rings. The zero-order valence-electron chi connectivity index (χ0n) is 13.6. The van der Waals surface area contributed by atoms with Crippen LogP contribution in [0.1, 0.15) is 6.42 Å². The maximum Gasteiger partial charge on any atom is 0.176 e. The minimum Gasteiger partial charge on any atom is -0.497 e. The quantitative estimate of drug-likeness (QED) is 0.715. The highest BCUT2D eigenvalue weighted by Gasteiger charge is 2.19. The van der Waals surface area contributed by atoms with E-state index in [0.717, 1.165) is 54.8 Å². The smallest absolute Gasteiger partial charge is 0.176 e. The van der Waals surface area contributed by atoms with E-state index in [1.165, 1.54) is 0 Å². The van der Waals surface area contributed by atoms with Crippen molar-refractivity contribution < 1.29 is 13.9 Å². The third-order valence-corrected chi connectivity index (χ3v) is 4.40. The van der Waals surface area contributed by atoms with E-state index in [1.54, 1.807) is 7.11 Å². The van der Waals surface area contributed by atoms with Gasteiger partial charge in [0.1, 0.15) is 11.5 Å². The molecule has 0 radical (unpaired) electrons. The maximum absolute atomic E-state index is 6.04. The van der Waals surface area contributed by atoms with Crippen LogP contribution in [0.25, 0.3) is 22.9 Å². The van der Waals surface area contributed by atoms with Gasteiger partial charge in [-0.3, -0.25) is 0 Å². The highest BCUT2D eigenvalue weighted by molar-refractivity contribution is 5.62. The Labute approximate surface area is 140 Å². The fourth-order valence-electron chi connectivity index (χ4n) is 3.06. The van der Waals surface area contributed by atoms with Gasteiger partial charge in [0.2, 0.25) is 0 Å².